The van der Waals surface area contributed by atoms with E-state index in [1.807, 2.05) is 0 Å². The smallest absolute Gasteiger partial charge is 0.406 e. The number of fused-ring (bicyclic) bond motifs is 1. The highest BCUT2D eigenvalue weighted by Gasteiger charge is 2.50. The maximum Gasteiger partial charge on any atom is 0.406 e. The van der Waals surface area contributed by atoms with Gasteiger partial charge in [-0.3, -0.25) is 9.59 Å². The van der Waals surface area contributed by atoms with Gasteiger partial charge >= 0.3 is 6.18 Å². The highest BCUT2D eigenvalue weighted by Crippen LogP contribution is 2.39. The molecule has 0 aromatic carbocycles. The minimum absolute atomic E-state index is 0.0383. The van der Waals surface area contributed by atoms with Crippen LogP contribution in [0.2, 0.25) is 0 Å². The summed E-state index contributed by atoms with van der Waals surface area (Å²) in [6, 6.07) is 3.47. The lowest BCUT2D eigenvalue weighted by molar-refractivity contribution is -0.177. The van der Waals surface area contributed by atoms with Crippen LogP contribution >= 0.6 is 0 Å². The number of nitrogens with zero attached hydrogens (tertiary/aromatic N) is 5. The molecular formula is C19H20F3N5O3. The number of carbonyl (C=O) groups excluding carboxylic acids is 2. The summed E-state index contributed by atoms with van der Waals surface area (Å²) in [7, 11) is 0. The molecule has 3 aliphatic rings. The van der Waals surface area contributed by atoms with Crippen LogP contribution in [-0.4, -0.2) is 52.0 Å². The van der Waals surface area contributed by atoms with Crippen molar-refractivity contribution >= 4 is 11.8 Å². The Hall–Kier alpha value is -2.98. The molecule has 0 radical (unpaired) electrons. The van der Waals surface area contributed by atoms with Crippen LogP contribution in [-0.2, 0) is 22.7 Å². The molecule has 2 amide bonds. The Kier molecular flexibility index (Phi) is 5.20. The van der Waals surface area contributed by atoms with Crippen LogP contribution in [0.15, 0.2) is 34.3 Å². The molecular weight excluding hydrogens is 403 g/mol. The molecule has 1 unspecified atom stereocenters. The summed E-state index contributed by atoms with van der Waals surface area (Å²) in [5, 5.41) is 6.47. The number of hydrogen-bond donors (Lipinski definition) is 0. The summed E-state index contributed by atoms with van der Waals surface area (Å²) < 4.78 is 46.1. The van der Waals surface area contributed by atoms with Gasteiger partial charge < -0.3 is 14.5 Å². The number of alkyl halides is 3. The number of azo groups is 1. The highest BCUT2D eigenvalue weighted by molar-refractivity contribution is 5.83. The van der Waals surface area contributed by atoms with Gasteiger partial charge in [-0.2, -0.15) is 18.3 Å². The van der Waals surface area contributed by atoms with Crippen molar-refractivity contribution in [3.63, 3.8) is 0 Å². The molecule has 1 fully saturated rings. The van der Waals surface area contributed by atoms with Crippen LogP contribution in [0, 0.1) is 5.92 Å². The molecule has 30 heavy (non-hydrogen) atoms. The van der Waals surface area contributed by atoms with Gasteiger partial charge in [0.2, 0.25) is 11.8 Å². The number of carbonyl (C=O) groups is 2. The third kappa shape index (κ3) is 4.01. The van der Waals surface area contributed by atoms with Crippen molar-refractivity contribution in [3.8, 4) is 5.88 Å². The Morgan fingerprint density at radius 3 is 2.60 bits per heavy atom. The van der Waals surface area contributed by atoms with Gasteiger partial charge in [0, 0.05) is 45.5 Å². The standard InChI is InChI=1S/C19H20F3N5O3/c1-11(28)26-6-4-13(5-7-26)30-16-3-2-12-9-27(10-14(12)24-16)15-8-23-25-18(29)17(15)19(20,21)22/h2-3,8,13,17H,4-7,9-10H2,1H3. The lowest BCUT2D eigenvalue weighted by Crippen LogP contribution is -2.40. The van der Waals surface area contributed by atoms with Gasteiger partial charge in [-0.15, -0.1) is 5.11 Å². The van der Waals surface area contributed by atoms with Crippen LogP contribution in [0.4, 0.5) is 13.2 Å². The quantitative estimate of drug-likeness (QED) is 0.746. The first kappa shape index (κ1) is 20.3. The van der Waals surface area contributed by atoms with Crippen molar-refractivity contribution in [3.05, 3.63) is 35.3 Å². The van der Waals surface area contributed by atoms with E-state index >= 15 is 0 Å². The van der Waals surface area contributed by atoms with Gasteiger partial charge in [-0.05, 0) is 11.6 Å². The van der Waals surface area contributed by atoms with Gasteiger partial charge in [0.1, 0.15) is 6.10 Å². The first-order valence-electron chi connectivity index (χ1n) is 9.60. The average Bonchev–Trinajstić information content (AvgIpc) is 3.10. The van der Waals surface area contributed by atoms with Crippen molar-refractivity contribution in [2.24, 2.45) is 16.1 Å². The molecule has 0 bridgehead atoms. The first-order chi connectivity index (χ1) is 14.2. The number of pyridine rings is 1. The van der Waals surface area contributed by atoms with Crippen molar-refractivity contribution in [1.82, 2.24) is 14.8 Å². The fourth-order valence-corrected chi connectivity index (χ4v) is 3.92. The van der Waals surface area contributed by atoms with Gasteiger partial charge in [-0.25, -0.2) is 4.98 Å². The fourth-order valence-electron chi connectivity index (χ4n) is 3.92. The second-order valence-corrected chi connectivity index (χ2v) is 7.52. The number of aromatic nitrogens is 1. The van der Waals surface area contributed by atoms with Crippen LogP contribution < -0.4 is 4.74 Å². The molecule has 1 atom stereocenters. The number of piperidine rings is 1. The van der Waals surface area contributed by atoms with E-state index in [0.29, 0.717) is 37.5 Å². The van der Waals surface area contributed by atoms with Crippen molar-refractivity contribution in [2.75, 3.05) is 13.1 Å². The summed E-state index contributed by atoms with van der Waals surface area (Å²) in [6.07, 6.45) is -2.44. The van der Waals surface area contributed by atoms with Crippen LogP contribution in [0.1, 0.15) is 31.0 Å². The molecule has 1 aromatic heterocycles. The molecule has 1 aromatic rings. The minimum atomic E-state index is -4.74. The molecule has 0 aliphatic carbocycles. The van der Waals surface area contributed by atoms with Crippen LogP contribution in [0.25, 0.3) is 0 Å². The van der Waals surface area contributed by atoms with E-state index in [4.69, 9.17) is 4.74 Å². The van der Waals surface area contributed by atoms with Crippen LogP contribution in [0.3, 0.4) is 0 Å². The molecule has 160 valence electrons. The molecule has 0 spiro atoms. The van der Waals surface area contributed by atoms with E-state index in [0.717, 1.165) is 11.8 Å². The SMILES string of the molecule is CC(=O)N1CCC(Oc2ccc3c(n2)CN(C2=CN=NC(=O)C2C(F)(F)F)C3)CC1. The summed E-state index contributed by atoms with van der Waals surface area (Å²) >= 11 is 0. The second-order valence-electron chi connectivity index (χ2n) is 7.52. The zero-order chi connectivity index (χ0) is 21.5. The van der Waals surface area contributed by atoms with Crippen molar-refractivity contribution in [2.45, 2.75) is 45.1 Å². The number of hydrogen-bond acceptors (Lipinski definition) is 6. The summed E-state index contributed by atoms with van der Waals surface area (Å²) in [4.78, 5) is 30.8. The number of likely N-dealkylation sites (tertiary alicyclic amines) is 1. The largest absolute Gasteiger partial charge is 0.474 e. The maximum absolute atomic E-state index is 13.4. The minimum Gasteiger partial charge on any atom is -0.474 e. The Morgan fingerprint density at radius 1 is 1.20 bits per heavy atom. The van der Waals surface area contributed by atoms with E-state index in [1.165, 1.54) is 11.8 Å². The van der Waals surface area contributed by atoms with Crippen LogP contribution in [0.5, 0.6) is 5.88 Å². The molecule has 4 rings (SSSR count). The maximum atomic E-state index is 13.4. The van der Waals surface area contributed by atoms with E-state index in [-0.39, 0.29) is 30.8 Å². The predicted octanol–water partition coefficient (Wildman–Crippen LogP) is 2.80. The molecule has 0 saturated carbocycles. The lowest BCUT2D eigenvalue weighted by atomic mass is 10.0. The van der Waals surface area contributed by atoms with E-state index in [1.54, 1.807) is 17.0 Å². The third-order valence-electron chi connectivity index (χ3n) is 5.50. The predicted molar refractivity (Wildman–Crippen MR) is 96.9 cm³/mol. The topological polar surface area (TPSA) is 87.5 Å². The first-order valence-corrected chi connectivity index (χ1v) is 9.60. The fraction of sp³-hybridized carbons (Fsp3) is 0.526. The zero-order valence-electron chi connectivity index (χ0n) is 16.2. The van der Waals surface area contributed by atoms with E-state index in [2.05, 4.69) is 15.2 Å². The Morgan fingerprint density at radius 2 is 1.93 bits per heavy atom. The molecule has 4 heterocycles. The van der Waals surface area contributed by atoms with Gasteiger partial charge in [-0.1, -0.05) is 0 Å². The summed E-state index contributed by atoms with van der Waals surface area (Å²) in [5.74, 6) is -3.19. The molecule has 0 N–H and O–H groups in total. The normalized spacial score (nSPS) is 22.2. The highest BCUT2D eigenvalue weighted by atomic mass is 19.4. The van der Waals surface area contributed by atoms with Crippen molar-refractivity contribution < 1.29 is 27.5 Å². The van der Waals surface area contributed by atoms with E-state index in [9.17, 15) is 22.8 Å². The number of amides is 2. The third-order valence-corrected chi connectivity index (χ3v) is 5.50. The zero-order valence-corrected chi connectivity index (χ0v) is 16.2. The average molecular weight is 423 g/mol. The number of rotatable bonds is 3. The molecule has 8 nitrogen and oxygen atoms in total. The molecule has 1 saturated heterocycles. The number of halogens is 3. The molecule has 3 aliphatic heterocycles. The monoisotopic (exact) mass is 423 g/mol. The van der Waals surface area contributed by atoms with Gasteiger partial charge in [0.05, 0.1) is 24.1 Å². The Labute approximate surface area is 170 Å². The summed E-state index contributed by atoms with van der Waals surface area (Å²) in [6.45, 7) is 3.09. The van der Waals surface area contributed by atoms with Gasteiger partial charge in [0.25, 0.3) is 5.91 Å². The van der Waals surface area contributed by atoms with Crippen molar-refractivity contribution in [1.29, 1.82) is 0 Å². The summed E-state index contributed by atoms with van der Waals surface area (Å²) in [5.41, 5.74) is 1.15. The molecule has 11 heteroatoms. The Balaban J connectivity index is 1.44. The lowest BCUT2D eigenvalue weighted by Gasteiger charge is -2.31. The second kappa shape index (κ2) is 7.69. The van der Waals surface area contributed by atoms with Gasteiger partial charge in [0.15, 0.2) is 5.92 Å². The number of ether oxygens (including phenoxy) is 1. The van der Waals surface area contributed by atoms with E-state index < -0.39 is 18.0 Å². The Bertz CT molecular complexity index is 922.